The summed E-state index contributed by atoms with van der Waals surface area (Å²) in [6.45, 7) is 0.575. The zero-order valence-electron chi connectivity index (χ0n) is 11.1. The molecule has 1 aliphatic heterocycles. The molecular formula is C12H16BNO5S. The highest BCUT2D eigenvalue weighted by Crippen LogP contribution is 2.18. The predicted octanol–water partition coefficient (Wildman–Crippen LogP) is -1.37. The van der Waals surface area contributed by atoms with Crippen LogP contribution in [-0.4, -0.2) is 61.0 Å². The van der Waals surface area contributed by atoms with Gasteiger partial charge in [0.2, 0.25) is 0 Å². The van der Waals surface area contributed by atoms with Crippen molar-refractivity contribution in [2.75, 3.05) is 19.3 Å². The first-order valence-electron chi connectivity index (χ1n) is 6.23. The Kier molecular flexibility index (Phi) is 4.17. The molecule has 108 valence electrons. The van der Waals surface area contributed by atoms with Crippen molar-refractivity contribution in [1.29, 1.82) is 0 Å². The van der Waals surface area contributed by atoms with Crippen LogP contribution in [0.2, 0.25) is 0 Å². The van der Waals surface area contributed by atoms with Crippen molar-refractivity contribution in [3.8, 4) is 0 Å². The molecule has 2 rings (SSSR count). The second-order valence-corrected chi connectivity index (χ2v) is 7.32. The van der Waals surface area contributed by atoms with Gasteiger partial charge >= 0.3 is 7.12 Å². The molecular weight excluding hydrogens is 281 g/mol. The van der Waals surface area contributed by atoms with Crippen molar-refractivity contribution in [3.63, 3.8) is 0 Å². The van der Waals surface area contributed by atoms with E-state index < -0.39 is 22.2 Å². The lowest BCUT2D eigenvalue weighted by Crippen LogP contribution is -2.34. The van der Waals surface area contributed by atoms with Crippen molar-refractivity contribution < 1.29 is 23.3 Å². The van der Waals surface area contributed by atoms with Crippen LogP contribution in [0.5, 0.6) is 0 Å². The molecule has 1 aromatic rings. The van der Waals surface area contributed by atoms with Gasteiger partial charge in [0.25, 0.3) is 5.91 Å². The summed E-state index contributed by atoms with van der Waals surface area (Å²) in [4.78, 5) is 13.7. The van der Waals surface area contributed by atoms with Crippen molar-refractivity contribution in [2.45, 2.75) is 11.7 Å². The smallest absolute Gasteiger partial charge is 0.423 e. The summed E-state index contributed by atoms with van der Waals surface area (Å²) in [6, 6.07) is 6.04. The average molecular weight is 297 g/mol. The SMILES string of the molecule is CS(=O)(=O)C1CCN(C(=O)c2cccc(B(O)O)c2)C1. The van der Waals surface area contributed by atoms with Crippen LogP contribution in [-0.2, 0) is 9.84 Å². The van der Waals surface area contributed by atoms with Gasteiger partial charge < -0.3 is 14.9 Å². The van der Waals surface area contributed by atoms with Gasteiger partial charge in [0, 0.05) is 24.9 Å². The lowest BCUT2D eigenvalue weighted by Gasteiger charge is -2.16. The third kappa shape index (κ3) is 3.20. The maximum atomic E-state index is 12.3. The van der Waals surface area contributed by atoms with E-state index in [1.807, 2.05) is 0 Å². The van der Waals surface area contributed by atoms with Crippen molar-refractivity contribution in [3.05, 3.63) is 29.8 Å². The van der Waals surface area contributed by atoms with E-state index in [0.717, 1.165) is 0 Å². The number of sulfone groups is 1. The lowest BCUT2D eigenvalue weighted by molar-refractivity contribution is 0.0793. The molecule has 0 aliphatic carbocycles. The molecule has 1 aliphatic rings. The van der Waals surface area contributed by atoms with Gasteiger partial charge in [-0.15, -0.1) is 0 Å². The Hall–Kier alpha value is -1.38. The lowest BCUT2D eigenvalue weighted by atomic mass is 9.79. The molecule has 0 radical (unpaired) electrons. The summed E-state index contributed by atoms with van der Waals surface area (Å²) in [5.41, 5.74) is 0.555. The fraction of sp³-hybridized carbons (Fsp3) is 0.417. The van der Waals surface area contributed by atoms with E-state index >= 15 is 0 Å². The third-order valence-electron chi connectivity index (χ3n) is 3.47. The predicted molar refractivity (Wildman–Crippen MR) is 75.4 cm³/mol. The number of hydrogen-bond acceptors (Lipinski definition) is 5. The second-order valence-electron chi connectivity index (χ2n) is 4.99. The van der Waals surface area contributed by atoms with Crippen molar-refractivity contribution in [1.82, 2.24) is 4.90 Å². The van der Waals surface area contributed by atoms with E-state index in [-0.39, 0.29) is 17.9 Å². The quantitative estimate of drug-likeness (QED) is 0.671. The van der Waals surface area contributed by atoms with Gasteiger partial charge in [0.05, 0.1) is 5.25 Å². The fourth-order valence-electron chi connectivity index (χ4n) is 2.28. The standard InChI is InChI=1S/C12H16BNO5S/c1-20(18,19)11-5-6-14(8-11)12(15)9-3-2-4-10(7-9)13(16)17/h2-4,7,11,16-17H,5-6,8H2,1H3. The fourth-order valence-corrected chi connectivity index (χ4v) is 3.26. The molecule has 0 saturated carbocycles. The number of carbonyl (C=O) groups excluding carboxylic acids is 1. The first-order chi connectivity index (χ1) is 9.29. The number of likely N-dealkylation sites (tertiary alicyclic amines) is 1. The number of amides is 1. The first-order valence-corrected chi connectivity index (χ1v) is 8.18. The summed E-state index contributed by atoms with van der Waals surface area (Å²) in [5.74, 6) is -0.293. The summed E-state index contributed by atoms with van der Waals surface area (Å²) in [6.07, 6.45) is 1.61. The summed E-state index contributed by atoms with van der Waals surface area (Å²) >= 11 is 0. The van der Waals surface area contributed by atoms with Crippen molar-refractivity contribution in [2.24, 2.45) is 0 Å². The molecule has 1 aromatic carbocycles. The Bertz CT molecular complexity index is 616. The number of benzene rings is 1. The van der Waals surface area contributed by atoms with Crippen LogP contribution in [0.1, 0.15) is 16.8 Å². The summed E-state index contributed by atoms with van der Waals surface area (Å²) < 4.78 is 23.0. The highest BCUT2D eigenvalue weighted by Gasteiger charge is 2.33. The molecule has 1 atom stereocenters. The Morgan fingerprint density at radius 1 is 1.40 bits per heavy atom. The summed E-state index contributed by atoms with van der Waals surface area (Å²) in [5, 5.41) is 17.7. The van der Waals surface area contributed by atoms with E-state index in [1.54, 1.807) is 12.1 Å². The van der Waals surface area contributed by atoms with E-state index in [9.17, 15) is 13.2 Å². The molecule has 1 unspecified atom stereocenters. The molecule has 8 heteroatoms. The zero-order chi connectivity index (χ0) is 14.9. The van der Waals surface area contributed by atoms with Gasteiger partial charge in [0.15, 0.2) is 9.84 Å². The summed E-state index contributed by atoms with van der Waals surface area (Å²) in [7, 11) is -4.78. The molecule has 0 aromatic heterocycles. The topological polar surface area (TPSA) is 94.9 Å². The van der Waals surface area contributed by atoms with E-state index in [4.69, 9.17) is 10.0 Å². The number of hydrogen-bond donors (Lipinski definition) is 2. The van der Waals surface area contributed by atoms with E-state index in [2.05, 4.69) is 0 Å². The maximum Gasteiger partial charge on any atom is 0.488 e. The van der Waals surface area contributed by atoms with Crippen LogP contribution in [0.4, 0.5) is 0 Å². The minimum Gasteiger partial charge on any atom is -0.423 e. The van der Waals surface area contributed by atoms with Gasteiger partial charge in [-0.1, -0.05) is 12.1 Å². The number of rotatable bonds is 3. The normalized spacial score (nSPS) is 19.1. The Morgan fingerprint density at radius 3 is 2.65 bits per heavy atom. The molecule has 2 N–H and O–H groups in total. The maximum absolute atomic E-state index is 12.3. The Balaban J connectivity index is 2.15. The minimum atomic E-state index is -3.15. The van der Waals surface area contributed by atoms with Gasteiger partial charge in [-0.2, -0.15) is 0 Å². The number of nitrogens with zero attached hydrogens (tertiary/aromatic N) is 1. The Morgan fingerprint density at radius 2 is 2.10 bits per heavy atom. The van der Waals surface area contributed by atoms with Gasteiger partial charge in [0.1, 0.15) is 0 Å². The van der Waals surface area contributed by atoms with E-state index in [0.29, 0.717) is 18.5 Å². The first kappa shape index (κ1) is 15.0. The van der Waals surface area contributed by atoms with Crippen LogP contribution >= 0.6 is 0 Å². The largest absolute Gasteiger partial charge is 0.488 e. The molecule has 1 saturated heterocycles. The molecule has 0 spiro atoms. The van der Waals surface area contributed by atoms with Crippen LogP contribution in [0.15, 0.2) is 24.3 Å². The van der Waals surface area contributed by atoms with Crippen LogP contribution in [0.25, 0.3) is 0 Å². The van der Waals surface area contributed by atoms with Gasteiger partial charge in [-0.3, -0.25) is 4.79 Å². The van der Waals surface area contributed by atoms with Crippen molar-refractivity contribution >= 4 is 28.3 Å². The second kappa shape index (κ2) is 5.55. The zero-order valence-corrected chi connectivity index (χ0v) is 11.9. The highest BCUT2D eigenvalue weighted by atomic mass is 32.2. The van der Waals surface area contributed by atoms with Gasteiger partial charge in [-0.05, 0) is 24.0 Å². The molecule has 20 heavy (non-hydrogen) atoms. The monoisotopic (exact) mass is 297 g/mol. The minimum absolute atomic E-state index is 0.184. The van der Waals surface area contributed by atoms with Crippen LogP contribution in [0, 0.1) is 0 Å². The number of carbonyl (C=O) groups is 1. The van der Waals surface area contributed by atoms with Crippen LogP contribution < -0.4 is 5.46 Å². The average Bonchev–Trinajstić information content (AvgIpc) is 2.87. The molecule has 1 fully saturated rings. The molecule has 6 nitrogen and oxygen atoms in total. The highest BCUT2D eigenvalue weighted by molar-refractivity contribution is 7.91. The van der Waals surface area contributed by atoms with Gasteiger partial charge in [-0.25, -0.2) is 8.42 Å². The molecule has 0 bridgehead atoms. The van der Waals surface area contributed by atoms with E-state index in [1.165, 1.54) is 23.3 Å². The third-order valence-corrected chi connectivity index (χ3v) is 5.07. The Labute approximate surface area is 118 Å². The molecule has 1 heterocycles. The van der Waals surface area contributed by atoms with Crippen LogP contribution in [0.3, 0.4) is 0 Å². The molecule has 1 amide bonds.